The minimum atomic E-state index is -0.545. The largest absolute Gasteiger partial charge is 0.498 e. The Labute approximate surface area is 189 Å². The van der Waals surface area contributed by atoms with E-state index in [0.717, 1.165) is 27.8 Å². The number of hydrogen-bond donors (Lipinski definition) is 3. The molecule has 0 amide bonds. The maximum Gasteiger partial charge on any atom is 0.498 e. The summed E-state index contributed by atoms with van der Waals surface area (Å²) in [5, 5.41) is 9.02. The van der Waals surface area contributed by atoms with Gasteiger partial charge < -0.3 is 40.0 Å². The molecule has 32 heavy (non-hydrogen) atoms. The molecule has 0 spiro atoms. The SMILES string of the molecule is NCC1O[B]c2c(OCCCOB3OC(CN)c4cccc(OCCCO)c43)cccc21. The summed E-state index contributed by atoms with van der Waals surface area (Å²) in [5.74, 6) is 1.49. The van der Waals surface area contributed by atoms with Gasteiger partial charge in [0.2, 0.25) is 0 Å². The Balaban J connectivity index is 1.32. The minimum Gasteiger partial charge on any atom is -0.494 e. The molecule has 1 radical (unpaired) electrons. The second-order valence-corrected chi connectivity index (χ2v) is 7.69. The first-order valence-corrected chi connectivity index (χ1v) is 11.0. The molecule has 169 valence electrons. The first-order valence-electron chi connectivity index (χ1n) is 11.0. The molecule has 0 aliphatic carbocycles. The number of rotatable bonds is 12. The Bertz CT molecular complexity index is 903. The van der Waals surface area contributed by atoms with Crippen LogP contribution in [-0.2, 0) is 14.0 Å². The predicted octanol–water partition coefficient (Wildman–Crippen LogP) is -0.0668. The standard InChI is InChI=1S/C22H29B2N2O6/c25-13-19-15-5-1-7-17(21(15)23-31-19)28-11-4-12-30-24-22-16(20(14-26)32-24)6-2-8-18(22)29-10-3-9-27/h1-2,5-8,19-20,27H,3-4,9-14,25-26H2. The van der Waals surface area contributed by atoms with Crippen LogP contribution in [0.25, 0.3) is 0 Å². The predicted molar refractivity (Wildman–Crippen MR) is 123 cm³/mol. The van der Waals surface area contributed by atoms with Crippen LogP contribution in [0.4, 0.5) is 0 Å². The highest BCUT2D eigenvalue weighted by atomic mass is 16.6. The van der Waals surface area contributed by atoms with Gasteiger partial charge in [0.1, 0.15) is 11.5 Å². The zero-order valence-corrected chi connectivity index (χ0v) is 18.1. The number of fused-ring (bicyclic) bond motifs is 2. The number of benzene rings is 2. The highest BCUT2D eigenvalue weighted by Crippen LogP contribution is 2.28. The van der Waals surface area contributed by atoms with Crippen molar-refractivity contribution < 1.29 is 28.5 Å². The van der Waals surface area contributed by atoms with E-state index in [1.807, 2.05) is 36.4 Å². The van der Waals surface area contributed by atoms with Gasteiger partial charge in [-0.25, -0.2) is 0 Å². The van der Waals surface area contributed by atoms with Gasteiger partial charge in [0.05, 0.1) is 25.4 Å². The molecule has 10 heteroatoms. The lowest BCUT2D eigenvalue weighted by atomic mass is 9.77. The van der Waals surface area contributed by atoms with Gasteiger partial charge in [-0.2, -0.15) is 0 Å². The van der Waals surface area contributed by atoms with E-state index in [4.69, 9.17) is 40.0 Å². The van der Waals surface area contributed by atoms with Crippen molar-refractivity contribution in [2.24, 2.45) is 11.5 Å². The van der Waals surface area contributed by atoms with Crippen LogP contribution in [0.5, 0.6) is 11.5 Å². The second kappa shape index (κ2) is 11.2. The molecule has 2 atom stereocenters. The summed E-state index contributed by atoms with van der Waals surface area (Å²) in [6.07, 6.45) is 0.901. The quantitative estimate of drug-likeness (QED) is 0.311. The van der Waals surface area contributed by atoms with Crippen molar-refractivity contribution in [1.29, 1.82) is 0 Å². The van der Waals surface area contributed by atoms with E-state index in [1.165, 1.54) is 0 Å². The molecule has 0 aromatic heterocycles. The first kappa shape index (κ1) is 23.1. The third-order valence-corrected chi connectivity index (χ3v) is 5.57. The summed E-state index contributed by atoms with van der Waals surface area (Å²) in [7, 11) is 1.17. The molecule has 0 fully saturated rings. The van der Waals surface area contributed by atoms with E-state index in [0.29, 0.717) is 51.5 Å². The van der Waals surface area contributed by atoms with Crippen LogP contribution in [0.15, 0.2) is 36.4 Å². The zero-order chi connectivity index (χ0) is 22.3. The average Bonchev–Trinajstić information content (AvgIpc) is 3.41. The van der Waals surface area contributed by atoms with Crippen molar-refractivity contribution in [1.82, 2.24) is 0 Å². The van der Waals surface area contributed by atoms with Crippen molar-refractivity contribution in [3.05, 3.63) is 47.5 Å². The molecule has 2 aliphatic heterocycles. The fourth-order valence-electron chi connectivity index (χ4n) is 3.99. The lowest BCUT2D eigenvalue weighted by Crippen LogP contribution is -2.34. The monoisotopic (exact) mass is 439 g/mol. The fraction of sp³-hybridized carbons (Fsp3) is 0.455. The second-order valence-electron chi connectivity index (χ2n) is 7.69. The molecule has 0 bridgehead atoms. The lowest BCUT2D eigenvalue weighted by Gasteiger charge is -2.14. The van der Waals surface area contributed by atoms with Crippen molar-refractivity contribution in [3.8, 4) is 11.5 Å². The van der Waals surface area contributed by atoms with Gasteiger partial charge >= 0.3 is 14.6 Å². The van der Waals surface area contributed by atoms with Crippen molar-refractivity contribution >= 4 is 25.5 Å². The van der Waals surface area contributed by atoms with Crippen LogP contribution in [0.2, 0.25) is 0 Å². The van der Waals surface area contributed by atoms with Crippen LogP contribution in [0.1, 0.15) is 36.2 Å². The number of aliphatic hydroxyl groups is 1. The minimum absolute atomic E-state index is 0.0816. The Kier molecular flexibility index (Phi) is 8.07. The van der Waals surface area contributed by atoms with Gasteiger partial charge in [0.15, 0.2) is 0 Å². The Morgan fingerprint density at radius 2 is 1.62 bits per heavy atom. The maximum atomic E-state index is 9.02. The summed E-state index contributed by atoms with van der Waals surface area (Å²) < 4.78 is 29.5. The van der Waals surface area contributed by atoms with Crippen LogP contribution >= 0.6 is 0 Å². The average molecular weight is 439 g/mol. The summed E-state index contributed by atoms with van der Waals surface area (Å²) in [5.41, 5.74) is 15.5. The molecule has 2 aromatic rings. The highest BCUT2D eigenvalue weighted by Gasteiger charge is 2.39. The fourth-order valence-corrected chi connectivity index (χ4v) is 3.99. The van der Waals surface area contributed by atoms with Crippen LogP contribution < -0.4 is 31.9 Å². The van der Waals surface area contributed by atoms with Gasteiger partial charge in [-0.05, 0) is 28.7 Å². The summed E-state index contributed by atoms with van der Waals surface area (Å²) >= 11 is 0. The molecule has 8 nitrogen and oxygen atoms in total. The van der Waals surface area contributed by atoms with Crippen molar-refractivity contribution in [2.75, 3.05) is 39.5 Å². The topological polar surface area (TPSA) is 118 Å². The third-order valence-electron chi connectivity index (χ3n) is 5.57. The summed E-state index contributed by atoms with van der Waals surface area (Å²) in [4.78, 5) is 0. The molecule has 0 saturated heterocycles. The Morgan fingerprint density at radius 1 is 0.906 bits per heavy atom. The van der Waals surface area contributed by atoms with Crippen LogP contribution in [0.3, 0.4) is 0 Å². The van der Waals surface area contributed by atoms with Gasteiger partial charge in [-0.1, -0.05) is 24.3 Å². The smallest absolute Gasteiger partial charge is 0.494 e. The molecular weight excluding hydrogens is 410 g/mol. The zero-order valence-electron chi connectivity index (χ0n) is 18.1. The lowest BCUT2D eigenvalue weighted by molar-refractivity contribution is 0.155. The van der Waals surface area contributed by atoms with E-state index in [9.17, 15) is 0 Å². The third kappa shape index (κ3) is 4.96. The van der Waals surface area contributed by atoms with Gasteiger partial charge in [0, 0.05) is 44.6 Å². The van der Waals surface area contributed by atoms with Crippen molar-refractivity contribution in [3.63, 3.8) is 0 Å². The molecule has 2 unspecified atom stereocenters. The Morgan fingerprint density at radius 3 is 2.41 bits per heavy atom. The number of ether oxygens (including phenoxy) is 2. The molecule has 0 saturated carbocycles. The van der Waals surface area contributed by atoms with E-state index < -0.39 is 7.12 Å². The normalized spacial score (nSPS) is 18.9. The van der Waals surface area contributed by atoms with Crippen LogP contribution in [0, 0.1) is 0 Å². The summed E-state index contributed by atoms with van der Waals surface area (Å²) in [6, 6.07) is 11.7. The Hall–Kier alpha value is -2.07. The van der Waals surface area contributed by atoms with E-state index in [1.54, 1.807) is 7.48 Å². The van der Waals surface area contributed by atoms with E-state index >= 15 is 0 Å². The number of nitrogens with two attached hydrogens (primary N) is 2. The molecule has 2 heterocycles. The molecular formula is C22H29B2N2O6. The van der Waals surface area contributed by atoms with Crippen LogP contribution in [-0.4, -0.2) is 59.2 Å². The van der Waals surface area contributed by atoms with Gasteiger partial charge in [-0.15, -0.1) is 0 Å². The van der Waals surface area contributed by atoms with Crippen molar-refractivity contribution in [2.45, 2.75) is 25.0 Å². The molecule has 5 N–H and O–H groups in total. The first-order chi connectivity index (χ1) is 15.8. The van der Waals surface area contributed by atoms with E-state index in [2.05, 4.69) is 0 Å². The highest BCUT2D eigenvalue weighted by molar-refractivity contribution is 6.64. The summed E-state index contributed by atoms with van der Waals surface area (Å²) in [6.45, 7) is 2.24. The maximum absolute atomic E-state index is 9.02. The number of aliphatic hydroxyl groups excluding tert-OH is 1. The van der Waals surface area contributed by atoms with Gasteiger partial charge in [-0.3, -0.25) is 0 Å². The molecule has 2 aromatic carbocycles. The molecule has 2 aliphatic rings. The molecule has 4 rings (SSSR count). The van der Waals surface area contributed by atoms with E-state index in [-0.39, 0.29) is 18.8 Å². The number of hydrogen-bond acceptors (Lipinski definition) is 8. The van der Waals surface area contributed by atoms with Gasteiger partial charge in [0.25, 0.3) is 0 Å².